The molecule has 0 atom stereocenters. The molecule has 0 saturated carbocycles. The van der Waals surface area contributed by atoms with E-state index in [0.29, 0.717) is 13.2 Å². The summed E-state index contributed by atoms with van der Waals surface area (Å²) in [6.07, 6.45) is 0. The van der Waals surface area contributed by atoms with Gasteiger partial charge in [0.25, 0.3) is 0 Å². The standard InChI is InChI=1S/C16H20N2O2/c1-3-20-15-9-8-13(10-16(15)19-2)18-11-12-6-4-5-7-14(12)17/h4-10,18H,3,11,17H2,1-2H3. The van der Waals surface area contributed by atoms with Crippen LogP contribution in [0.1, 0.15) is 12.5 Å². The summed E-state index contributed by atoms with van der Waals surface area (Å²) in [4.78, 5) is 0. The molecular formula is C16H20N2O2. The fourth-order valence-corrected chi connectivity index (χ4v) is 1.94. The summed E-state index contributed by atoms with van der Waals surface area (Å²) < 4.78 is 10.8. The lowest BCUT2D eigenvalue weighted by Gasteiger charge is -2.13. The second-order valence-electron chi connectivity index (χ2n) is 4.35. The summed E-state index contributed by atoms with van der Waals surface area (Å²) >= 11 is 0. The Hall–Kier alpha value is -2.36. The van der Waals surface area contributed by atoms with Crippen molar-refractivity contribution in [2.75, 3.05) is 24.8 Å². The van der Waals surface area contributed by atoms with E-state index in [2.05, 4.69) is 5.32 Å². The molecule has 0 aromatic heterocycles. The zero-order chi connectivity index (χ0) is 14.4. The molecule has 0 aliphatic heterocycles. The molecule has 0 aliphatic carbocycles. The molecule has 2 rings (SSSR count). The van der Waals surface area contributed by atoms with E-state index in [1.54, 1.807) is 7.11 Å². The predicted molar refractivity (Wildman–Crippen MR) is 82.3 cm³/mol. The van der Waals surface area contributed by atoms with Gasteiger partial charge in [0.1, 0.15) is 0 Å². The fraction of sp³-hybridized carbons (Fsp3) is 0.250. The van der Waals surface area contributed by atoms with Crippen LogP contribution in [0.25, 0.3) is 0 Å². The summed E-state index contributed by atoms with van der Waals surface area (Å²) in [5, 5.41) is 3.33. The number of para-hydroxylation sites is 1. The van der Waals surface area contributed by atoms with Crippen LogP contribution < -0.4 is 20.5 Å². The Morgan fingerprint density at radius 1 is 1.10 bits per heavy atom. The van der Waals surface area contributed by atoms with Crippen LogP contribution >= 0.6 is 0 Å². The highest BCUT2D eigenvalue weighted by atomic mass is 16.5. The molecule has 2 aromatic rings. The van der Waals surface area contributed by atoms with Crippen LogP contribution in [-0.4, -0.2) is 13.7 Å². The number of benzene rings is 2. The van der Waals surface area contributed by atoms with Crippen molar-refractivity contribution in [3.05, 3.63) is 48.0 Å². The van der Waals surface area contributed by atoms with Gasteiger partial charge in [0.15, 0.2) is 11.5 Å². The van der Waals surface area contributed by atoms with Crippen LogP contribution in [0.15, 0.2) is 42.5 Å². The van der Waals surface area contributed by atoms with Gasteiger partial charge in [0.2, 0.25) is 0 Å². The second kappa shape index (κ2) is 6.70. The van der Waals surface area contributed by atoms with Gasteiger partial charge in [-0.15, -0.1) is 0 Å². The lowest BCUT2D eigenvalue weighted by Crippen LogP contribution is -2.03. The number of nitrogens with one attached hydrogen (secondary N) is 1. The molecule has 0 saturated heterocycles. The van der Waals surface area contributed by atoms with E-state index in [0.717, 1.165) is 28.4 Å². The van der Waals surface area contributed by atoms with Crippen LogP contribution in [0, 0.1) is 0 Å². The first-order chi connectivity index (χ1) is 9.74. The zero-order valence-electron chi connectivity index (χ0n) is 11.8. The van der Waals surface area contributed by atoms with E-state index >= 15 is 0 Å². The van der Waals surface area contributed by atoms with Crippen molar-refractivity contribution in [3.8, 4) is 11.5 Å². The fourth-order valence-electron chi connectivity index (χ4n) is 1.94. The SMILES string of the molecule is CCOc1ccc(NCc2ccccc2N)cc1OC. The highest BCUT2D eigenvalue weighted by Gasteiger charge is 2.05. The van der Waals surface area contributed by atoms with Gasteiger partial charge < -0.3 is 20.5 Å². The first-order valence-corrected chi connectivity index (χ1v) is 6.62. The smallest absolute Gasteiger partial charge is 0.162 e. The normalized spacial score (nSPS) is 10.1. The van der Waals surface area contributed by atoms with Gasteiger partial charge in [0.05, 0.1) is 13.7 Å². The molecular weight excluding hydrogens is 252 g/mol. The van der Waals surface area contributed by atoms with Crippen LogP contribution in [-0.2, 0) is 6.54 Å². The van der Waals surface area contributed by atoms with E-state index in [1.165, 1.54) is 0 Å². The minimum atomic E-state index is 0.615. The number of ether oxygens (including phenoxy) is 2. The Morgan fingerprint density at radius 2 is 1.90 bits per heavy atom. The average molecular weight is 272 g/mol. The molecule has 0 fully saturated rings. The number of methoxy groups -OCH3 is 1. The maximum Gasteiger partial charge on any atom is 0.162 e. The number of nitrogen functional groups attached to an aromatic ring is 1. The maximum absolute atomic E-state index is 5.92. The second-order valence-corrected chi connectivity index (χ2v) is 4.35. The zero-order valence-corrected chi connectivity index (χ0v) is 11.8. The summed E-state index contributed by atoms with van der Waals surface area (Å²) in [5.41, 5.74) is 8.75. The third kappa shape index (κ3) is 3.35. The van der Waals surface area contributed by atoms with E-state index in [1.807, 2.05) is 49.4 Å². The van der Waals surface area contributed by atoms with Crippen LogP contribution in [0.4, 0.5) is 11.4 Å². The summed E-state index contributed by atoms with van der Waals surface area (Å²) in [6.45, 7) is 3.23. The first-order valence-electron chi connectivity index (χ1n) is 6.62. The van der Waals surface area contributed by atoms with Gasteiger partial charge in [0, 0.05) is 24.0 Å². The maximum atomic E-state index is 5.92. The first kappa shape index (κ1) is 14.1. The van der Waals surface area contributed by atoms with Crippen molar-refractivity contribution in [2.45, 2.75) is 13.5 Å². The van der Waals surface area contributed by atoms with Crippen molar-refractivity contribution in [1.82, 2.24) is 0 Å². The molecule has 0 radical (unpaired) electrons. The Kier molecular flexibility index (Phi) is 4.71. The van der Waals surface area contributed by atoms with E-state index < -0.39 is 0 Å². The summed E-state index contributed by atoms with van der Waals surface area (Å²) in [6, 6.07) is 13.6. The van der Waals surface area contributed by atoms with Crippen molar-refractivity contribution in [1.29, 1.82) is 0 Å². The van der Waals surface area contributed by atoms with Crippen LogP contribution in [0.5, 0.6) is 11.5 Å². The Bertz CT molecular complexity index is 570. The summed E-state index contributed by atoms with van der Waals surface area (Å²) in [7, 11) is 1.64. The molecule has 3 N–H and O–H groups in total. The van der Waals surface area contributed by atoms with E-state index in [-0.39, 0.29) is 0 Å². The molecule has 4 nitrogen and oxygen atoms in total. The molecule has 0 unspecified atom stereocenters. The van der Waals surface area contributed by atoms with Gasteiger partial charge >= 0.3 is 0 Å². The topological polar surface area (TPSA) is 56.5 Å². The number of nitrogens with two attached hydrogens (primary N) is 1. The van der Waals surface area contributed by atoms with Crippen molar-refractivity contribution in [3.63, 3.8) is 0 Å². The van der Waals surface area contributed by atoms with Gasteiger partial charge in [-0.25, -0.2) is 0 Å². The van der Waals surface area contributed by atoms with Gasteiger partial charge in [-0.05, 0) is 30.7 Å². The third-order valence-corrected chi connectivity index (χ3v) is 3.00. The molecule has 0 aliphatic rings. The molecule has 20 heavy (non-hydrogen) atoms. The Balaban J connectivity index is 2.08. The lowest BCUT2D eigenvalue weighted by molar-refractivity contribution is 0.311. The molecule has 0 amide bonds. The van der Waals surface area contributed by atoms with Crippen LogP contribution in [0.2, 0.25) is 0 Å². The molecule has 2 aromatic carbocycles. The molecule has 0 spiro atoms. The van der Waals surface area contributed by atoms with Gasteiger partial charge in [-0.1, -0.05) is 18.2 Å². The average Bonchev–Trinajstić information content (AvgIpc) is 2.48. The predicted octanol–water partition coefficient (Wildman–Crippen LogP) is 3.29. The largest absolute Gasteiger partial charge is 0.493 e. The third-order valence-electron chi connectivity index (χ3n) is 3.00. The minimum Gasteiger partial charge on any atom is -0.493 e. The Morgan fingerprint density at radius 3 is 2.60 bits per heavy atom. The number of hydrogen-bond acceptors (Lipinski definition) is 4. The number of anilines is 2. The molecule has 106 valence electrons. The van der Waals surface area contributed by atoms with Crippen molar-refractivity contribution >= 4 is 11.4 Å². The van der Waals surface area contributed by atoms with Crippen LogP contribution in [0.3, 0.4) is 0 Å². The lowest BCUT2D eigenvalue weighted by atomic mass is 10.2. The number of rotatable bonds is 6. The molecule has 0 bridgehead atoms. The van der Waals surface area contributed by atoms with E-state index in [9.17, 15) is 0 Å². The van der Waals surface area contributed by atoms with Gasteiger partial charge in [-0.3, -0.25) is 0 Å². The summed E-state index contributed by atoms with van der Waals surface area (Å²) in [5.74, 6) is 1.47. The molecule has 4 heteroatoms. The minimum absolute atomic E-state index is 0.615. The monoisotopic (exact) mass is 272 g/mol. The Labute approximate surface area is 119 Å². The van der Waals surface area contributed by atoms with E-state index in [4.69, 9.17) is 15.2 Å². The highest BCUT2D eigenvalue weighted by molar-refractivity contribution is 5.56. The highest BCUT2D eigenvalue weighted by Crippen LogP contribution is 2.30. The number of hydrogen-bond donors (Lipinski definition) is 2. The molecule has 0 heterocycles. The van der Waals surface area contributed by atoms with Crippen molar-refractivity contribution < 1.29 is 9.47 Å². The quantitative estimate of drug-likeness (QED) is 0.792. The van der Waals surface area contributed by atoms with Crippen molar-refractivity contribution in [2.24, 2.45) is 0 Å². The van der Waals surface area contributed by atoms with Gasteiger partial charge in [-0.2, -0.15) is 0 Å².